The number of sulfone groups is 1. The summed E-state index contributed by atoms with van der Waals surface area (Å²) in [6.45, 7) is 1.87. The molecule has 3 aromatic rings. The first-order chi connectivity index (χ1) is 11.7. The van der Waals surface area contributed by atoms with Crippen LogP contribution in [0.2, 0.25) is 5.15 Å². The predicted molar refractivity (Wildman–Crippen MR) is 93.5 cm³/mol. The van der Waals surface area contributed by atoms with Crippen molar-refractivity contribution in [2.24, 2.45) is 0 Å². The third kappa shape index (κ3) is 3.80. The van der Waals surface area contributed by atoms with E-state index in [4.69, 9.17) is 11.6 Å². The molecule has 0 atom stereocenters. The van der Waals surface area contributed by atoms with Crippen LogP contribution in [0.5, 0.6) is 0 Å². The summed E-state index contributed by atoms with van der Waals surface area (Å²) in [4.78, 5) is 16.8. The Kier molecular flexibility index (Phi) is 4.49. The summed E-state index contributed by atoms with van der Waals surface area (Å²) in [7, 11) is -3.39. The maximum Gasteiger partial charge on any atom is 0.251 e. The van der Waals surface area contributed by atoms with Crippen molar-refractivity contribution in [2.45, 2.75) is 18.4 Å². The molecule has 0 aliphatic rings. The van der Waals surface area contributed by atoms with Gasteiger partial charge in [-0.3, -0.25) is 4.79 Å². The molecule has 0 saturated heterocycles. The van der Waals surface area contributed by atoms with E-state index in [1.807, 2.05) is 0 Å². The zero-order valence-corrected chi connectivity index (χ0v) is 15.1. The van der Waals surface area contributed by atoms with Crippen molar-refractivity contribution in [2.75, 3.05) is 6.26 Å². The molecule has 0 bridgehead atoms. The Morgan fingerprint density at radius 2 is 2.04 bits per heavy atom. The Morgan fingerprint density at radius 1 is 1.28 bits per heavy atom. The lowest BCUT2D eigenvalue weighted by molar-refractivity contribution is 0.0950. The Morgan fingerprint density at radius 3 is 2.76 bits per heavy atom. The van der Waals surface area contributed by atoms with Crippen LogP contribution in [0.15, 0.2) is 41.4 Å². The highest BCUT2D eigenvalue weighted by Crippen LogP contribution is 2.17. The average molecular weight is 379 g/mol. The van der Waals surface area contributed by atoms with Crippen LogP contribution in [0, 0.1) is 6.92 Å². The quantitative estimate of drug-likeness (QED) is 0.749. The Balaban J connectivity index is 1.78. The van der Waals surface area contributed by atoms with Gasteiger partial charge in [-0.25, -0.2) is 17.9 Å². The van der Waals surface area contributed by atoms with Gasteiger partial charge in [-0.2, -0.15) is 5.10 Å². The van der Waals surface area contributed by atoms with Crippen molar-refractivity contribution in [3.63, 3.8) is 0 Å². The van der Waals surface area contributed by atoms with E-state index < -0.39 is 9.84 Å². The van der Waals surface area contributed by atoms with E-state index in [1.54, 1.807) is 37.4 Å². The van der Waals surface area contributed by atoms with E-state index in [9.17, 15) is 13.2 Å². The molecular weight excluding hydrogens is 364 g/mol. The molecule has 1 N–H and O–H groups in total. The van der Waals surface area contributed by atoms with E-state index in [-0.39, 0.29) is 22.9 Å². The highest BCUT2D eigenvalue weighted by molar-refractivity contribution is 7.90. The molecule has 9 heteroatoms. The number of rotatable bonds is 4. The second-order valence-electron chi connectivity index (χ2n) is 5.63. The predicted octanol–water partition coefficient (Wildman–Crippen LogP) is 2.02. The van der Waals surface area contributed by atoms with Crippen molar-refractivity contribution < 1.29 is 13.2 Å². The molecule has 0 unspecified atom stereocenters. The number of nitrogens with one attached hydrogen (secondary N) is 1. The molecule has 0 aliphatic carbocycles. The molecule has 0 radical (unpaired) electrons. The molecule has 2 aromatic heterocycles. The normalized spacial score (nSPS) is 11.6. The lowest BCUT2D eigenvalue weighted by atomic mass is 10.1. The first-order valence-corrected chi connectivity index (χ1v) is 9.61. The molecule has 25 heavy (non-hydrogen) atoms. The van der Waals surface area contributed by atoms with Crippen LogP contribution < -0.4 is 5.32 Å². The Hall–Kier alpha value is -2.45. The maximum absolute atomic E-state index is 12.3. The molecule has 130 valence electrons. The number of hydrogen-bond donors (Lipinski definition) is 1. The summed E-state index contributed by atoms with van der Waals surface area (Å²) in [5.41, 5.74) is 2.10. The molecule has 0 spiro atoms. The first kappa shape index (κ1) is 17.4. The number of benzene rings is 1. The minimum absolute atomic E-state index is 0.145. The molecule has 1 aromatic carbocycles. The molecular formula is C16H15ClN4O3S. The zero-order valence-electron chi connectivity index (χ0n) is 13.5. The average Bonchev–Trinajstić information content (AvgIpc) is 2.93. The SMILES string of the molecule is Cc1ccc(C(=O)NCc2cn3nc(Cl)ccc3n2)cc1S(C)(=O)=O. The van der Waals surface area contributed by atoms with Crippen molar-refractivity contribution in [1.29, 1.82) is 0 Å². The van der Waals surface area contributed by atoms with Crippen molar-refractivity contribution in [3.05, 3.63) is 58.5 Å². The summed E-state index contributed by atoms with van der Waals surface area (Å²) in [5.74, 6) is -0.382. The number of aryl methyl sites for hydroxylation is 1. The smallest absolute Gasteiger partial charge is 0.251 e. The molecule has 7 nitrogen and oxygen atoms in total. The summed E-state index contributed by atoms with van der Waals surface area (Å²) in [5, 5.41) is 7.13. The van der Waals surface area contributed by atoms with Gasteiger partial charge in [0.15, 0.2) is 15.5 Å². The maximum atomic E-state index is 12.3. The number of amides is 1. The van der Waals surface area contributed by atoms with Crippen LogP contribution in [0.4, 0.5) is 0 Å². The van der Waals surface area contributed by atoms with Crippen LogP contribution in [0.3, 0.4) is 0 Å². The number of fused-ring (bicyclic) bond motifs is 1. The molecule has 3 rings (SSSR count). The van der Waals surface area contributed by atoms with E-state index in [0.29, 0.717) is 22.1 Å². The van der Waals surface area contributed by atoms with Gasteiger partial charge in [-0.05, 0) is 36.8 Å². The minimum Gasteiger partial charge on any atom is -0.346 e. The van der Waals surface area contributed by atoms with E-state index >= 15 is 0 Å². The highest BCUT2D eigenvalue weighted by atomic mass is 35.5. The Labute approximate surface area is 149 Å². The second kappa shape index (κ2) is 6.45. The highest BCUT2D eigenvalue weighted by Gasteiger charge is 2.15. The number of hydrogen-bond acceptors (Lipinski definition) is 5. The second-order valence-corrected chi connectivity index (χ2v) is 8.00. The molecule has 1 amide bonds. The van der Waals surface area contributed by atoms with Gasteiger partial charge in [0.2, 0.25) is 0 Å². The van der Waals surface area contributed by atoms with Gasteiger partial charge in [0.1, 0.15) is 5.15 Å². The van der Waals surface area contributed by atoms with E-state index in [0.717, 1.165) is 6.26 Å². The Bertz CT molecular complexity index is 1080. The summed E-state index contributed by atoms with van der Waals surface area (Å²) in [6.07, 6.45) is 2.78. The van der Waals surface area contributed by atoms with Gasteiger partial charge in [0.25, 0.3) is 5.91 Å². The molecule has 2 heterocycles. The van der Waals surface area contributed by atoms with Gasteiger partial charge in [-0.15, -0.1) is 0 Å². The van der Waals surface area contributed by atoms with Crippen molar-refractivity contribution >= 4 is 33.0 Å². The number of nitrogens with zero attached hydrogens (tertiary/aromatic N) is 3. The third-order valence-corrected chi connectivity index (χ3v) is 5.06. The van der Waals surface area contributed by atoms with Crippen LogP contribution in [-0.2, 0) is 16.4 Å². The summed E-state index contributed by atoms with van der Waals surface area (Å²) in [6, 6.07) is 7.93. The van der Waals surface area contributed by atoms with Gasteiger partial charge >= 0.3 is 0 Å². The monoisotopic (exact) mass is 378 g/mol. The number of imidazole rings is 1. The number of halogens is 1. The summed E-state index contributed by atoms with van der Waals surface area (Å²) >= 11 is 5.82. The lowest BCUT2D eigenvalue weighted by Gasteiger charge is -2.07. The van der Waals surface area contributed by atoms with Crippen LogP contribution in [-0.4, -0.2) is 35.2 Å². The number of carbonyl (C=O) groups is 1. The molecule has 0 saturated carbocycles. The van der Waals surface area contributed by atoms with Crippen LogP contribution in [0.25, 0.3) is 5.65 Å². The lowest BCUT2D eigenvalue weighted by Crippen LogP contribution is -2.23. The largest absolute Gasteiger partial charge is 0.346 e. The minimum atomic E-state index is -3.39. The van der Waals surface area contributed by atoms with Gasteiger partial charge in [0.05, 0.1) is 23.3 Å². The fourth-order valence-corrected chi connectivity index (χ4v) is 3.55. The topological polar surface area (TPSA) is 93.4 Å². The summed E-state index contributed by atoms with van der Waals surface area (Å²) < 4.78 is 25.1. The van der Waals surface area contributed by atoms with Gasteiger partial charge in [-0.1, -0.05) is 17.7 Å². The van der Waals surface area contributed by atoms with E-state index in [1.165, 1.54) is 10.6 Å². The third-order valence-electron chi connectivity index (χ3n) is 3.62. The van der Waals surface area contributed by atoms with Crippen LogP contribution >= 0.6 is 11.6 Å². The van der Waals surface area contributed by atoms with Gasteiger partial charge < -0.3 is 5.32 Å². The van der Waals surface area contributed by atoms with Crippen molar-refractivity contribution in [3.8, 4) is 0 Å². The number of carbonyl (C=O) groups excluding carboxylic acids is 1. The first-order valence-electron chi connectivity index (χ1n) is 7.34. The van der Waals surface area contributed by atoms with Crippen molar-refractivity contribution in [1.82, 2.24) is 19.9 Å². The van der Waals surface area contributed by atoms with Crippen LogP contribution in [0.1, 0.15) is 21.6 Å². The fraction of sp³-hybridized carbons (Fsp3) is 0.188. The molecule has 0 aliphatic heterocycles. The van der Waals surface area contributed by atoms with E-state index in [2.05, 4.69) is 15.4 Å². The molecule has 0 fully saturated rings. The van der Waals surface area contributed by atoms with Gasteiger partial charge in [0, 0.05) is 11.8 Å². The fourth-order valence-electron chi connectivity index (χ4n) is 2.41. The zero-order chi connectivity index (χ0) is 18.2. The standard InChI is InChI=1S/C16H15ClN4O3S/c1-10-3-4-11(7-13(10)25(2,23)24)16(22)18-8-12-9-21-15(19-12)6-5-14(17)20-21/h3-7,9H,8H2,1-2H3,(H,18,22). The number of aromatic nitrogens is 3.